The number of carbonyl (C=O) groups excluding carboxylic acids is 2. The highest BCUT2D eigenvalue weighted by Gasteiger charge is 2.21. The van der Waals surface area contributed by atoms with E-state index in [0.717, 1.165) is 0 Å². The van der Waals surface area contributed by atoms with Gasteiger partial charge in [-0.2, -0.15) is 0 Å². The Balaban J connectivity index is 1.63. The van der Waals surface area contributed by atoms with Crippen molar-refractivity contribution in [2.75, 3.05) is 31.7 Å². The van der Waals surface area contributed by atoms with Gasteiger partial charge >= 0.3 is 5.97 Å². The lowest BCUT2D eigenvalue weighted by Gasteiger charge is -2.19. The summed E-state index contributed by atoms with van der Waals surface area (Å²) in [4.78, 5) is 24.9. The van der Waals surface area contributed by atoms with Gasteiger partial charge in [-0.1, -0.05) is 0 Å². The first-order chi connectivity index (χ1) is 14.5. The van der Waals surface area contributed by atoms with Gasteiger partial charge in [0, 0.05) is 11.8 Å². The Kier molecular flexibility index (Phi) is 7.00. The van der Waals surface area contributed by atoms with Gasteiger partial charge in [0.15, 0.2) is 29.1 Å². The number of fused-ring (bicyclic) bond motifs is 1. The number of nitrogens with one attached hydrogen (secondary N) is 1. The highest BCUT2D eigenvalue weighted by molar-refractivity contribution is 5.97. The van der Waals surface area contributed by atoms with Crippen LogP contribution in [0.2, 0.25) is 0 Å². The highest BCUT2D eigenvalue weighted by atomic mass is 16.6. The molecule has 1 atom stereocenters. The quantitative estimate of drug-likeness (QED) is 0.660. The van der Waals surface area contributed by atoms with Crippen molar-refractivity contribution in [1.82, 2.24) is 0 Å². The molecular formula is C22H25NO7. The minimum Gasteiger partial charge on any atom is -0.490 e. The van der Waals surface area contributed by atoms with Gasteiger partial charge in [-0.15, -0.1) is 0 Å². The summed E-state index contributed by atoms with van der Waals surface area (Å²) < 4.78 is 27.3. The monoisotopic (exact) mass is 415 g/mol. The number of hydrogen-bond donors (Lipinski definition) is 1. The van der Waals surface area contributed by atoms with Crippen LogP contribution in [0.4, 0.5) is 5.69 Å². The number of amides is 1. The molecule has 0 bridgehead atoms. The number of rotatable bonds is 8. The van der Waals surface area contributed by atoms with Gasteiger partial charge in [0.25, 0.3) is 5.91 Å². The zero-order chi connectivity index (χ0) is 21.5. The van der Waals surface area contributed by atoms with Crippen molar-refractivity contribution >= 4 is 17.6 Å². The Morgan fingerprint density at radius 2 is 1.67 bits per heavy atom. The van der Waals surface area contributed by atoms with Crippen molar-refractivity contribution in [1.29, 1.82) is 0 Å². The van der Waals surface area contributed by atoms with E-state index in [-0.39, 0.29) is 5.56 Å². The summed E-state index contributed by atoms with van der Waals surface area (Å²) in [5.74, 6) is 1.07. The standard InChI is InChI=1S/C22H25NO7/c1-4-26-17-8-6-15(12-19(17)27-5-2)22(25)30-14(3)21(24)23-16-7-9-18-20(13-16)29-11-10-28-18/h6-9,12-14H,4-5,10-11H2,1-3H3,(H,23,24)/t14-/m1/s1. The van der Waals surface area contributed by atoms with Gasteiger partial charge in [-0.25, -0.2) is 4.79 Å². The zero-order valence-corrected chi connectivity index (χ0v) is 17.2. The van der Waals surface area contributed by atoms with Gasteiger partial charge in [-0.05, 0) is 51.1 Å². The molecule has 3 rings (SSSR count). The van der Waals surface area contributed by atoms with E-state index in [2.05, 4.69) is 5.32 Å². The number of ether oxygens (including phenoxy) is 5. The van der Waals surface area contributed by atoms with Crippen LogP contribution >= 0.6 is 0 Å². The molecule has 30 heavy (non-hydrogen) atoms. The van der Waals surface area contributed by atoms with E-state index in [1.807, 2.05) is 13.8 Å². The van der Waals surface area contributed by atoms with Gasteiger partial charge in [0.2, 0.25) is 0 Å². The van der Waals surface area contributed by atoms with E-state index in [9.17, 15) is 9.59 Å². The molecule has 0 saturated carbocycles. The number of carbonyl (C=O) groups is 2. The molecule has 0 spiro atoms. The summed E-state index contributed by atoms with van der Waals surface area (Å²) in [5.41, 5.74) is 0.785. The fraction of sp³-hybridized carbons (Fsp3) is 0.364. The molecule has 160 valence electrons. The summed E-state index contributed by atoms with van der Waals surface area (Å²) in [6.07, 6.45) is -1.01. The third-order valence-electron chi connectivity index (χ3n) is 4.24. The van der Waals surface area contributed by atoms with Crippen LogP contribution in [0, 0.1) is 0 Å². The van der Waals surface area contributed by atoms with Crippen LogP contribution in [0.1, 0.15) is 31.1 Å². The average molecular weight is 415 g/mol. The molecule has 1 aliphatic heterocycles. The maximum atomic E-state index is 12.5. The fourth-order valence-electron chi connectivity index (χ4n) is 2.83. The van der Waals surface area contributed by atoms with Crippen molar-refractivity contribution in [2.45, 2.75) is 26.9 Å². The lowest BCUT2D eigenvalue weighted by atomic mass is 10.2. The fourth-order valence-corrected chi connectivity index (χ4v) is 2.83. The van der Waals surface area contributed by atoms with Crippen molar-refractivity contribution in [3.05, 3.63) is 42.0 Å². The van der Waals surface area contributed by atoms with E-state index in [4.69, 9.17) is 23.7 Å². The molecule has 2 aromatic rings. The Morgan fingerprint density at radius 1 is 0.967 bits per heavy atom. The Hall–Kier alpha value is -3.42. The lowest BCUT2D eigenvalue weighted by molar-refractivity contribution is -0.123. The highest BCUT2D eigenvalue weighted by Crippen LogP contribution is 2.33. The SMILES string of the molecule is CCOc1ccc(C(=O)O[C@H](C)C(=O)Nc2ccc3c(c2)OCCO3)cc1OCC. The summed E-state index contributed by atoms with van der Waals surface area (Å²) in [5, 5.41) is 2.71. The predicted octanol–water partition coefficient (Wildman–Crippen LogP) is 3.44. The Labute approximate surface area is 175 Å². The van der Waals surface area contributed by atoms with Crippen molar-refractivity contribution in [3.8, 4) is 23.0 Å². The van der Waals surface area contributed by atoms with Crippen molar-refractivity contribution < 1.29 is 33.3 Å². The molecule has 8 heteroatoms. The first kappa shape index (κ1) is 21.3. The van der Waals surface area contributed by atoms with E-state index in [1.165, 1.54) is 6.92 Å². The van der Waals surface area contributed by atoms with Crippen LogP contribution in [0.3, 0.4) is 0 Å². The number of esters is 1. The van der Waals surface area contributed by atoms with Crippen LogP contribution in [0.25, 0.3) is 0 Å². The first-order valence-corrected chi connectivity index (χ1v) is 9.83. The van der Waals surface area contributed by atoms with Gasteiger partial charge in [-0.3, -0.25) is 4.79 Å². The third-order valence-corrected chi connectivity index (χ3v) is 4.24. The van der Waals surface area contributed by atoms with Crippen LogP contribution in [0.15, 0.2) is 36.4 Å². The molecule has 0 radical (unpaired) electrons. The molecule has 0 fully saturated rings. The lowest BCUT2D eigenvalue weighted by Crippen LogP contribution is -2.30. The van der Waals surface area contributed by atoms with Crippen LogP contribution < -0.4 is 24.3 Å². The molecule has 1 heterocycles. The molecule has 0 unspecified atom stereocenters. The summed E-state index contributed by atoms with van der Waals surface area (Å²) in [6.45, 7) is 7.04. The molecule has 2 aromatic carbocycles. The van der Waals surface area contributed by atoms with E-state index >= 15 is 0 Å². The molecule has 0 saturated heterocycles. The van der Waals surface area contributed by atoms with E-state index < -0.39 is 18.0 Å². The van der Waals surface area contributed by atoms with Gasteiger partial charge in [0.05, 0.1) is 18.8 Å². The molecule has 0 aliphatic carbocycles. The molecule has 1 amide bonds. The van der Waals surface area contributed by atoms with Crippen molar-refractivity contribution in [2.24, 2.45) is 0 Å². The largest absolute Gasteiger partial charge is 0.490 e. The minimum atomic E-state index is -1.01. The third kappa shape index (κ3) is 5.14. The van der Waals surface area contributed by atoms with Crippen molar-refractivity contribution in [3.63, 3.8) is 0 Å². The van der Waals surface area contributed by atoms with Gasteiger partial charge in [0.1, 0.15) is 13.2 Å². The van der Waals surface area contributed by atoms with Gasteiger partial charge < -0.3 is 29.0 Å². The normalized spacial score (nSPS) is 13.2. The molecule has 8 nitrogen and oxygen atoms in total. The number of hydrogen-bond acceptors (Lipinski definition) is 7. The molecule has 0 aromatic heterocycles. The smallest absolute Gasteiger partial charge is 0.339 e. The summed E-state index contributed by atoms with van der Waals surface area (Å²) >= 11 is 0. The summed E-state index contributed by atoms with van der Waals surface area (Å²) in [6, 6.07) is 9.84. The molecule has 1 N–H and O–H groups in total. The second-order valence-electron chi connectivity index (χ2n) is 6.42. The summed E-state index contributed by atoms with van der Waals surface area (Å²) in [7, 11) is 0. The first-order valence-electron chi connectivity index (χ1n) is 9.83. The van der Waals surface area contributed by atoms with Crippen LogP contribution in [-0.4, -0.2) is 44.4 Å². The van der Waals surface area contributed by atoms with E-state index in [0.29, 0.717) is 55.1 Å². The Bertz CT molecular complexity index is 912. The minimum absolute atomic E-state index is 0.265. The Morgan fingerprint density at radius 3 is 2.40 bits per heavy atom. The number of anilines is 1. The second-order valence-corrected chi connectivity index (χ2v) is 6.42. The van der Waals surface area contributed by atoms with Crippen LogP contribution in [-0.2, 0) is 9.53 Å². The maximum Gasteiger partial charge on any atom is 0.339 e. The topological polar surface area (TPSA) is 92.3 Å². The van der Waals surface area contributed by atoms with E-state index in [1.54, 1.807) is 36.4 Å². The average Bonchev–Trinajstić information content (AvgIpc) is 2.75. The molecular weight excluding hydrogens is 390 g/mol. The second kappa shape index (κ2) is 9.87. The molecule has 1 aliphatic rings. The maximum absolute atomic E-state index is 12.5. The number of benzene rings is 2. The zero-order valence-electron chi connectivity index (χ0n) is 17.2. The predicted molar refractivity (Wildman–Crippen MR) is 110 cm³/mol. The van der Waals surface area contributed by atoms with Crippen LogP contribution in [0.5, 0.6) is 23.0 Å².